The average Bonchev–Trinajstić information content (AvgIpc) is 2.34. The van der Waals surface area contributed by atoms with Crippen LogP contribution in [0, 0.1) is 0 Å². The van der Waals surface area contributed by atoms with Crippen LogP contribution in [0.5, 0.6) is 0 Å². The lowest BCUT2D eigenvalue weighted by Crippen LogP contribution is -2.47. The van der Waals surface area contributed by atoms with Crippen molar-refractivity contribution < 1.29 is 4.79 Å². The molecule has 0 aromatic carbocycles. The number of nitrogens with zero attached hydrogens (tertiary/aromatic N) is 2. The molecule has 0 radical (unpaired) electrons. The van der Waals surface area contributed by atoms with E-state index in [0.717, 1.165) is 45.7 Å². The molecule has 0 bridgehead atoms. The minimum atomic E-state index is 0.313. The molecule has 0 spiro atoms. The van der Waals surface area contributed by atoms with Crippen molar-refractivity contribution in [1.82, 2.24) is 15.1 Å². The van der Waals surface area contributed by atoms with Crippen molar-refractivity contribution >= 4 is 5.91 Å². The molecule has 0 aliphatic carbocycles. The molecule has 1 N–H and O–H groups in total. The van der Waals surface area contributed by atoms with Gasteiger partial charge in [-0.2, -0.15) is 0 Å². The zero-order valence-electron chi connectivity index (χ0n) is 11.5. The summed E-state index contributed by atoms with van der Waals surface area (Å²) in [5, 5.41) is 3.27. The van der Waals surface area contributed by atoms with Crippen LogP contribution in [-0.2, 0) is 4.79 Å². The van der Waals surface area contributed by atoms with Gasteiger partial charge in [-0.15, -0.1) is 0 Å². The first kappa shape index (κ1) is 14.5. The number of amides is 1. The van der Waals surface area contributed by atoms with Crippen molar-refractivity contribution in [1.29, 1.82) is 0 Å². The summed E-state index contributed by atoms with van der Waals surface area (Å²) in [7, 11) is 0. The highest BCUT2D eigenvalue weighted by atomic mass is 16.2. The summed E-state index contributed by atoms with van der Waals surface area (Å²) in [6, 6.07) is 0.533. The lowest BCUT2D eigenvalue weighted by atomic mass is 10.2. The second-order valence-electron chi connectivity index (χ2n) is 5.01. The fraction of sp³-hybridized carbons (Fsp3) is 0.923. The first-order chi connectivity index (χ1) is 8.15. The molecule has 0 unspecified atom stereocenters. The molecule has 1 amide bonds. The van der Waals surface area contributed by atoms with Crippen molar-refractivity contribution in [2.24, 2.45) is 0 Å². The molecular weight excluding hydrogens is 214 g/mol. The van der Waals surface area contributed by atoms with E-state index in [-0.39, 0.29) is 0 Å². The van der Waals surface area contributed by atoms with Crippen molar-refractivity contribution in [3.8, 4) is 0 Å². The predicted octanol–water partition coefficient (Wildman–Crippen LogP) is 0.929. The van der Waals surface area contributed by atoms with Gasteiger partial charge in [0.25, 0.3) is 0 Å². The smallest absolute Gasteiger partial charge is 0.223 e. The number of piperazine rings is 1. The van der Waals surface area contributed by atoms with Gasteiger partial charge < -0.3 is 15.1 Å². The highest BCUT2D eigenvalue weighted by Crippen LogP contribution is 2.04. The maximum absolute atomic E-state index is 12.0. The normalized spacial score (nSPS) is 16.9. The second-order valence-corrected chi connectivity index (χ2v) is 5.01. The maximum atomic E-state index is 12.0. The number of carbonyl (C=O) groups is 1. The second kappa shape index (κ2) is 7.67. The lowest BCUT2D eigenvalue weighted by molar-refractivity contribution is -0.132. The molecule has 1 aliphatic heterocycles. The summed E-state index contributed by atoms with van der Waals surface area (Å²) in [6.45, 7) is 12.2. The Hall–Kier alpha value is -0.610. The monoisotopic (exact) mass is 241 g/mol. The Labute approximate surface area is 105 Å². The van der Waals surface area contributed by atoms with Crippen molar-refractivity contribution in [3.05, 3.63) is 0 Å². The molecule has 0 aromatic heterocycles. The molecular formula is C13H27N3O. The molecule has 1 aliphatic rings. The van der Waals surface area contributed by atoms with Gasteiger partial charge in [0.05, 0.1) is 0 Å². The number of hydrogen-bond donors (Lipinski definition) is 1. The van der Waals surface area contributed by atoms with Crippen LogP contribution >= 0.6 is 0 Å². The Kier molecular flexibility index (Phi) is 6.52. The third-order valence-corrected chi connectivity index (χ3v) is 3.32. The molecule has 4 heteroatoms. The molecule has 0 aromatic rings. The van der Waals surface area contributed by atoms with Crippen LogP contribution in [-0.4, -0.2) is 61.0 Å². The van der Waals surface area contributed by atoms with Crippen LogP contribution in [0.4, 0.5) is 0 Å². The Bertz CT molecular complexity index is 225. The predicted molar refractivity (Wildman–Crippen MR) is 71.1 cm³/mol. The fourth-order valence-electron chi connectivity index (χ4n) is 2.23. The van der Waals surface area contributed by atoms with Gasteiger partial charge >= 0.3 is 0 Å². The largest absolute Gasteiger partial charge is 0.340 e. The van der Waals surface area contributed by atoms with Crippen molar-refractivity contribution in [3.63, 3.8) is 0 Å². The summed E-state index contributed by atoms with van der Waals surface area (Å²) in [6.07, 6.45) is 1.82. The lowest BCUT2D eigenvalue weighted by Gasteiger charge is -2.30. The third-order valence-electron chi connectivity index (χ3n) is 3.32. The molecule has 4 nitrogen and oxygen atoms in total. The molecule has 1 fully saturated rings. The molecule has 0 atom stereocenters. The van der Waals surface area contributed by atoms with Crippen LogP contribution in [0.2, 0.25) is 0 Å². The summed E-state index contributed by atoms with van der Waals surface area (Å²) in [4.78, 5) is 16.4. The van der Waals surface area contributed by atoms with E-state index in [2.05, 4.69) is 31.0 Å². The van der Waals surface area contributed by atoms with Gasteiger partial charge in [-0.25, -0.2) is 0 Å². The van der Waals surface area contributed by atoms with Gasteiger partial charge in [-0.05, 0) is 26.8 Å². The minimum absolute atomic E-state index is 0.313. The standard InChI is InChI=1S/C13H27N3O/c1-4-8-15(12(2)3)9-5-13(17)16-10-6-14-7-11-16/h12,14H,4-11H2,1-3H3. The molecule has 17 heavy (non-hydrogen) atoms. The first-order valence-electron chi connectivity index (χ1n) is 6.87. The van der Waals surface area contributed by atoms with E-state index >= 15 is 0 Å². The topological polar surface area (TPSA) is 35.6 Å². The number of hydrogen-bond acceptors (Lipinski definition) is 3. The van der Waals surface area contributed by atoms with Gasteiger partial charge in [0, 0.05) is 45.2 Å². The summed E-state index contributed by atoms with van der Waals surface area (Å²) < 4.78 is 0. The van der Waals surface area contributed by atoms with E-state index in [0.29, 0.717) is 18.4 Å². The summed E-state index contributed by atoms with van der Waals surface area (Å²) in [5.74, 6) is 0.313. The Morgan fingerprint density at radius 1 is 1.29 bits per heavy atom. The van der Waals surface area contributed by atoms with Crippen LogP contribution in [0.3, 0.4) is 0 Å². The maximum Gasteiger partial charge on any atom is 0.223 e. The SMILES string of the molecule is CCCN(CCC(=O)N1CCNCC1)C(C)C. The van der Waals surface area contributed by atoms with Gasteiger partial charge in [0.15, 0.2) is 0 Å². The van der Waals surface area contributed by atoms with Gasteiger partial charge in [0.2, 0.25) is 5.91 Å². The molecule has 1 rings (SSSR count). The Morgan fingerprint density at radius 3 is 2.47 bits per heavy atom. The molecule has 1 saturated heterocycles. The van der Waals surface area contributed by atoms with E-state index in [9.17, 15) is 4.79 Å². The van der Waals surface area contributed by atoms with E-state index in [1.165, 1.54) is 0 Å². The van der Waals surface area contributed by atoms with Crippen LogP contribution < -0.4 is 5.32 Å². The highest BCUT2D eigenvalue weighted by molar-refractivity contribution is 5.76. The number of nitrogens with one attached hydrogen (secondary N) is 1. The van der Waals surface area contributed by atoms with Crippen LogP contribution in [0.15, 0.2) is 0 Å². The summed E-state index contributed by atoms with van der Waals surface area (Å²) in [5.41, 5.74) is 0. The van der Waals surface area contributed by atoms with E-state index in [4.69, 9.17) is 0 Å². The summed E-state index contributed by atoms with van der Waals surface area (Å²) >= 11 is 0. The molecule has 0 saturated carbocycles. The fourth-order valence-corrected chi connectivity index (χ4v) is 2.23. The zero-order valence-corrected chi connectivity index (χ0v) is 11.5. The Morgan fingerprint density at radius 2 is 1.94 bits per heavy atom. The van der Waals surface area contributed by atoms with Gasteiger partial charge in [-0.1, -0.05) is 6.92 Å². The number of rotatable bonds is 6. The quantitative estimate of drug-likeness (QED) is 0.751. The number of carbonyl (C=O) groups excluding carboxylic acids is 1. The average molecular weight is 241 g/mol. The third kappa shape index (κ3) is 5.04. The van der Waals surface area contributed by atoms with Gasteiger partial charge in [-0.3, -0.25) is 4.79 Å². The first-order valence-corrected chi connectivity index (χ1v) is 6.87. The van der Waals surface area contributed by atoms with Gasteiger partial charge in [0.1, 0.15) is 0 Å². The molecule has 100 valence electrons. The molecule has 1 heterocycles. The highest BCUT2D eigenvalue weighted by Gasteiger charge is 2.17. The van der Waals surface area contributed by atoms with Crippen molar-refractivity contribution in [2.45, 2.75) is 39.7 Å². The minimum Gasteiger partial charge on any atom is -0.340 e. The van der Waals surface area contributed by atoms with E-state index in [1.54, 1.807) is 0 Å². The van der Waals surface area contributed by atoms with Crippen LogP contribution in [0.25, 0.3) is 0 Å². The zero-order chi connectivity index (χ0) is 12.7. The van der Waals surface area contributed by atoms with E-state index in [1.807, 2.05) is 4.90 Å². The van der Waals surface area contributed by atoms with E-state index < -0.39 is 0 Å². The van der Waals surface area contributed by atoms with Crippen molar-refractivity contribution in [2.75, 3.05) is 39.3 Å². The Balaban J connectivity index is 2.29. The van der Waals surface area contributed by atoms with Crippen LogP contribution in [0.1, 0.15) is 33.6 Å².